The number of Topliss-reactive ketones (excluding diaryl/α,β-unsaturated/α-hetero) is 1. The first-order chi connectivity index (χ1) is 15.7. The molecule has 0 atom stereocenters. The molecule has 0 aliphatic rings. The molecule has 170 valence electrons. The third kappa shape index (κ3) is 7.34. The van der Waals surface area contributed by atoms with Crippen molar-refractivity contribution in [2.24, 2.45) is 0 Å². The molecule has 33 heavy (non-hydrogen) atoms. The average Bonchev–Trinajstić information content (AvgIpc) is 2.79. The smallest absolute Gasteiger partial charge is 0.178 e. The minimum atomic E-state index is -3.23. The van der Waals surface area contributed by atoms with Crippen LogP contribution in [-0.2, 0) is 27.5 Å². The SMILES string of the molecule is CCS(=O)(=O)c1ccc(CC(=O)Cc2ccc(C#CC(C)(C)Oc3ccccc3)cc2)cc1. The number of rotatable bonds is 8. The minimum Gasteiger partial charge on any atom is -0.475 e. The summed E-state index contributed by atoms with van der Waals surface area (Å²) in [6, 6.07) is 23.7. The molecule has 5 heteroatoms. The molecule has 4 nitrogen and oxygen atoms in total. The van der Waals surface area contributed by atoms with E-state index in [2.05, 4.69) is 11.8 Å². The highest BCUT2D eigenvalue weighted by atomic mass is 32.2. The molecule has 0 aliphatic carbocycles. The standard InChI is InChI=1S/C28H28O4S/c1-4-33(30,31)27-16-14-24(15-17-27)21-25(29)20-23-12-10-22(11-13-23)18-19-28(2,3)32-26-8-6-5-7-9-26/h5-17H,4,20-21H2,1-3H3. The Bertz CT molecular complexity index is 1250. The fraction of sp³-hybridized carbons (Fsp3) is 0.250. The second-order valence-corrected chi connectivity index (χ2v) is 10.6. The van der Waals surface area contributed by atoms with Crippen LogP contribution in [0.4, 0.5) is 0 Å². The third-order valence-corrected chi connectivity index (χ3v) is 6.79. The van der Waals surface area contributed by atoms with E-state index in [9.17, 15) is 13.2 Å². The van der Waals surface area contributed by atoms with Crippen molar-refractivity contribution in [3.05, 3.63) is 95.6 Å². The largest absolute Gasteiger partial charge is 0.475 e. The number of benzene rings is 3. The Morgan fingerprint density at radius 2 is 1.39 bits per heavy atom. The van der Waals surface area contributed by atoms with Crippen LogP contribution in [0.25, 0.3) is 0 Å². The lowest BCUT2D eigenvalue weighted by Crippen LogP contribution is -2.25. The van der Waals surface area contributed by atoms with Gasteiger partial charge in [-0.15, -0.1) is 0 Å². The number of carbonyl (C=O) groups excluding carboxylic acids is 1. The molecule has 0 fully saturated rings. The molecule has 0 radical (unpaired) electrons. The molecular weight excluding hydrogens is 432 g/mol. The van der Waals surface area contributed by atoms with Gasteiger partial charge >= 0.3 is 0 Å². The molecule has 0 unspecified atom stereocenters. The molecule has 0 N–H and O–H groups in total. The summed E-state index contributed by atoms with van der Waals surface area (Å²) in [7, 11) is -3.23. The minimum absolute atomic E-state index is 0.0587. The van der Waals surface area contributed by atoms with Gasteiger partial charge in [-0.3, -0.25) is 4.79 Å². The van der Waals surface area contributed by atoms with Gasteiger partial charge in [0.1, 0.15) is 11.5 Å². The van der Waals surface area contributed by atoms with Gasteiger partial charge in [0, 0.05) is 18.4 Å². The van der Waals surface area contributed by atoms with Crippen molar-refractivity contribution in [3.8, 4) is 17.6 Å². The van der Waals surface area contributed by atoms with Crippen molar-refractivity contribution >= 4 is 15.6 Å². The van der Waals surface area contributed by atoms with E-state index in [0.29, 0.717) is 6.42 Å². The van der Waals surface area contributed by atoms with Crippen LogP contribution in [0.5, 0.6) is 5.75 Å². The Balaban J connectivity index is 1.57. The van der Waals surface area contributed by atoms with Crippen molar-refractivity contribution in [3.63, 3.8) is 0 Å². The first-order valence-corrected chi connectivity index (χ1v) is 12.5. The highest BCUT2D eigenvalue weighted by Crippen LogP contribution is 2.17. The maximum Gasteiger partial charge on any atom is 0.178 e. The van der Waals surface area contributed by atoms with Gasteiger partial charge < -0.3 is 4.74 Å². The lowest BCUT2D eigenvalue weighted by atomic mass is 10.0. The van der Waals surface area contributed by atoms with E-state index in [1.807, 2.05) is 68.4 Å². The van der Waals surface area contributed by atoms with Crippen LogP contribution in [0.2, 0.25) is 0 Å². The molecule has 0 saturated carbocycles. The summed E-state index contributed by atoms with van der Waals surface area (Å²) in [5, 5.41) is 0. The molecule has 0 bridgehead atoms. The molecule has 3 aromatic rings. The third-order valence-electron chi connectivity index (χ3n) is 5.04. The number of hydrogen-bond acceptors (Lipinski definition) is 4. The zero-order valence-corrected chi connectivity index (χ0v) is 20.0. The molecular formula is C28H28O4S. The molecule has 0 heterocycles. The van der Waals surface area contributed by atoms with Crippen molar-refractivity contribution < 1.29 is 17.9 Å². The van der Waals surface area contributed by atoms with Crippen LogP contribution >= 0.6 is 0 Å². The fourth-order valence-electron chi connectivity index (χ4n) is 3.24. The Morgan fingerprint density at radius 1 is 0.848 bits per heavy atom. The van der Waals surface area contributed by atoms with E-state index in [4.69, 9.17) is 4.74 Å². The average molecular weight is 461 g/mol. The molecule has 0 amide bonds. The molecule has 0 aromatic heterocycles. The van der Waals surface area contributed by atoms with Crippen LogP contribution in [0.15, 0.2) is 83.8 Å². The number of ketones is 1. The zero-order chi connectivity index (χ0) is 23.9. The Kier molecular flexibility index (Phi) is 7.73. The summed E-state index contributed by atoms with van der Waals surface area (Å²) in [6.07, 6.45) is 0.574. The fourth-order valence-corrected chi connectivity index (χ4v) is 4.12. The van der Waals surface area contributed by atoms with Crippen molar-refractivity contribution in [1.29, 1.82) is 0 Å². The molecule has 3 rings (SSSR count). The van der Waals surface area contributed by atoms with Gasteiger partial charge in [-0.1, -0.05) is 61.2 Å². The number of carbonyl (C=O) groups is 1. The second kappa shape index (κ2) is 10.5. The van der Waals surface area contributed by atoms with Crippen molar-refractivity contribution in [2.45, 2.75) is 44.1 Å². The normalized spacial score (nSPS) is 11.4. The summed E-state index contributed by atoms with van der Waals surface area (Å²) < 4.78 is 29.7. The lowest BCUT2D eigenvalue weighted by Gasteiger charge is -2.20. The summed E-state index contributed by atoms with van der Waals surface area (Å²) in [5.41, 5.74) is 1.93. The summed E-state index contributed by atoms with van der Waals surface area (Å²) in [4.78, 5) is 12.8. The number of hydrogen-bond donors (Lipinski definition) is 0. The van der Waals surface area contributed by atoms with Crippen LogP contribution in [0.3, 0.4) is 0 Å². The van der Waals surface area contributed by atoms with Gasteiger partial charge in [0.15, 0.2) is 15.4 Å². The first-order valence-electron chi connectivity index (χ1n) is 10.9. The number of ether oxygens (including phenoxy) is 1. The molecule has 0 aliphatic heterocycles. The highest BCUT2D eigenvalue weighted by Gasteiger charge is 2.16. The van der Waals surface area contributed by atoms with Gasteiger partial charge in [0.2, 0.25) is 0 Å². The zero-order valence-electron chi connectivity index (χ0n) is 19.2. The maximum absolute atomic E-state index is 12.5. The summed E-state index contributed by atoms with van der Waals surface area (Å²) >= 11 is 0. The Labute approximate surface area is 196 Å². The predicted octanol–water partition coefficient (Wildman–Crippen LogP) is 5.04. The Morgan fingerprint density at radius 3 is 1.94 bits per heavy atom. The van der Waals surface area contributed by atoms with Gasteiger partial charge in [0.25, 0.3) is 0 Å². The topological polar surface area (TPSA) is 60.4 Å². The van der Waals surface area contributed by atoms with Gasteiger partial charge in [-0.2, -0.15) is 0 Å². The lowest BCUT2D eigenvalue weighted by molar-refractivity contribution is -0.117. The molecule has 0 spiro atoms. The van der Waals surface area contributed by atoms with E-state index in [1.165, 1.54) is 0 Å². The van der Waals surface area contributed by atoms with Crippen LogP contribution < -0.4 is 4.74 Å². The monoisotopic (exact) mass is 460 g/mol. The predicted molar refractivity (Wildman–Crippen MR) is 131 cm³/mol. The van der Waals surface area contributed by atoms with E-state index in [-0.39, 0.29) is 22.9 Å². The second-order valence-electron chi connectivity index (χ2n) is 8.31. The Hall–Kier alpha value is -3.36. The number of para-hydroxylation sites is 1. The molecule has 0 saturated heterocycles. The van der Waals surface area contributed by atoms with E-state index in [0.717, 1.165) is 22.4 Å². The van der Waals surface area contributed by atoms with Gasteiger partial charge in [0.05, 0.1) is 10.6 Å². The van der Waals surface area contributed by atoms with Crippen molar-refractivity contribution in [1.82, 2.24) is 0 Å². The van der Waals surface area contributed by atoms with Crippen LogP contribution in [0.1, 0.15) is 37.5 Å². The van der Waals surface area contributed by atoms with E-state index in [1.54, 1.807) is 31.2 Å². The van der Waals surface area contributed by atoms with Crippen LogP contribution in [-0.4, -0.2) is 25.6 Å². The summed E-state index contributed by atoms with van der Waals surface area (Å²) in [6.45, 7) is 5.46. The van der Waals surface area contributed by atoms with E-state index >= 15 is 0 Å². The van der Waals surface area contributed by atoms with Crippen LogP contribution in [0, 0.1) is 11.8 Å². The van der Waals surface area contributed by atoms with Crippen molar-refractivity contribution in [2.75, 3.05) is 5.75 Å². The maximum atomic E-state index is 12.5. The molecule has 3 aromatic carbocycles. The highest BCUT2D eigenvalue weighted by molar-refractivity contribution is 7.91. The summed E-state index contributed by atoms with van der Waals surface area (Å²) in [5.74, 6) is 7.19. The van der Waals surface area contributed by atoms with E-state index < -0.39 is 15.4 Å². The first kappa shape index (κ1) is 24.3. The number of sulfone groups is 1. The quantitative estimate of drug-likeness (QED) is 0.442. The van der Waals surface area contributed by atoms with Gasteiger partial charge in [-0.25, -0.2) is 8.42 Å². The van der Waals surface area contributed by atoms with Gasteiger partial charge in [-0.05, 0) is 61.4 Å².